The Bertz CT molecular complexity index is 1370. The number of anilines is 3. The molecule has 0 saturated heterocycles. The Morgan fingerprint density at radius 2 is 1.34 bits per heavy atom. The summed E-state index contributed by atoms with van der Waals surface area (Å²) in [6, 6.07) is 18.9. The molecular weight excluding hydrogens is 458 g/mol. The van der Waals surface area contributed by atoms with Crippen LogP contribution in [0.1, 0.15) is 0 Å². The smallest absolute Gasteiger partial charge is 0.310 e. The van der Waals surface area contributed by atoms with Gasteiger partial charge < -0.3 is 46.5 Å². The summed E-state index contributed by atoms with van der Waals surface area (Å²) in [5.41, 5.74) is 6.59. The number of carbonyl (C=O) groups excluding carboxylic acids is 2. The summed E-state index contributed by atoms with van der Waals surface area (Å²) in [5, 5.41) is 44.9. The van der Waals surface area contributed by atoms with Crippen molar-refractivity contribution in [2.75, 3.05) is 16.4 Å². The molecule has 2 amide bonds. The molecule has 4 aromatic rings. The summed E-state index contributed by atoms with van der Waals surface area (Å²) >= 11 is 0. The zero-order valence-electron chi connectivity index (χ0n) is 18.0. The Hall–Kier alpha value is -4.49. The molecule has 4 rings (SSSR count). The lowest BCUT2D eigenvalue weighted by Gasteiger charge is -2.32. The minimum absolute atomic E-state index is 0.0452. The maximum absolute atomic E-state index is 12.4. The number of hydrogen-bond acceptors (Lipinski definition) is 9. The molecule has 0 spiro atoms. The Morgan fingerprint density at radius 1 is 0.800 bits per heavy atom. The van der Waals surface area contributed by atoms with Gasteiger partial charge in [-0.2, -0.15) is 0 Å². The van der Waals surface area contributed by atoms with Crippen molar-refractivity contribution in [3.63, 3.8) is 0 Å². The third kappa shape index (κ3) is 4.90. The molecule has 0 bridgehead atoms. The van der Waals surface area contributed by atoms with Crippen LogP contribution in [-0.4, -0.2) is 53.8 Å². The van der Waals surface area contributed by atoms with Crippen molar-refractivity contribution in [2.45, 2.75) is 11.6 Å². The highest BCUT2D eigenvalue weighted by atomic mass is 16.6. The second-order valence-electron chi connectivity index (χ2n) is 7.55. The number of amides is 2. The van der Waals surface area contributed by atoms with Gasteiger partial charge in [0.25, 0.3) is 11.8 Å². The molecule has 12 nitrogen and oxygen atoms in total. The molecule has 0 atom stereocenters. The van der Waals surface area contributed by atoms with Crippen molar-refractivity contribution in [3.05, 3.63) is 72.8 Å². The number of aromatic nitrogens is 2. The Labute approximate surface area is 197 Å². The maximum atomic E-state index is 12.4. The molecule has 1 heterocycles. The third-order valence-electron chi connectivity index (χ3n) is 4.97. The van der Waals surface area contributed by atoms with Gasteiger partial charge in [-0.1, -0.05) is 18.2 Å². The first kappa shape index (κ1) is 23.7. The molecule has 0 unspecified atom stereocenters. The second kappa shape index (κ2) is 9.04. The monoisotopic (exact) mass is 479 g/mol. The van der Waals surface area contributed by atoms with Crippen molar-refractivity contribution < 1.29 is 34.8 Å². The average molecular weight is 479 g/mol. The zero-order chi connectivity index (χ0) is 25.2. The fraction of sp³-hybridized carbons (Fsp3) is 0.0870. The highest BCUT2D eigenvalue weighted by Gasteiger charge is 2.59. The number of fused-ring (bicyclic) bond motifs is 1. The number of aromatic amines is 1. The van der Waals surface area contributed by atoms with Gasteiger partial charge in [-0.15, -0.1) is 0 Å². The molecule has 9 N–H and O–H groups in total. The van der Waals surface area contributed by atoms with Crippen molar-refractivity contribution in [3.8, 4) is 11.5 Å². The molecular formula is C23H21N5O7. The number of ether oxygens (including phenoxy) is 1. The summed E-state index contributed by atoms with van der Waals surface area (Å²) in [6.07, 6.45) is 0. The van der Waals surface area contributed by atoms with E-state index in [1.165, 1.54) is 42.5 Å². The number of nitrogens with two attached hydrogens (primary N) is 1. The largest absolute Gasteiger partial charge is 0.457 e. The average Bonchev–Trinajstić information content (AvgIpc) is 3.20. The van der Waals surface area contributed by atoms with Crippen molar-refractivity contribution in [2.24, 2.45) is 0 Å². The van der Waals surface area contributed by atoms with Gasteiger partial charge in [-0.3, -0.25) is 9.59 Å². The topological polar surface area (TPSA) is 203 Å². The molecule has 35 heavy (non-hydrogen) atoms. The number of benzene rings is 3. The summed E-state index contributed by atoms with van der Waals surface area (Å²) in [5.74, 6) is -10.0. The van der Waals surface area contributed by atoms with Crippen LogP contribution in [0.4, 0.5) is 17.3 Å². The van der Waals surface area contributed by atoms with Gasteiger partial charge in [0.15, 0.2) is 5.95 Å². The lowest BCUT2D eigenvalue weighted by atomic mass is 10.0. The standard InChI is InChI=1S/C23H21N5O7/c24-21-27-17-11-8-14(12-18(17)28-21)26-20(30)23(33,34)22(31,32)19(29)25-13-6-9-16(10-7-13)35-15-4-2-1-3-5-15/h1-12,31-34H,(H,25,29)(H,26,30)(H3,24,27,28). The van der Waals surface area contributed by atoms with E-state index in [0.717, 1.165) is 0 Å². The highest BCUT2D eigenvalue weighted by molar-refractivity contribution is 6.05. The number of carbonyl (C=O) groups is 2. The minimum atomic E-state index is -3.92. The summed E-state index contributed by atoms with van der Waals surface area (Å²) < 4.78 is 5.62. The van der Waals surface area contributed by atoms with Crippen molar-refractivity contribution >= 4 is 40.2 Å². The number of imidazole rings is 1. The molecule has 1 aromatic heterocycles. The number of aliphatic hydroxyl groups is 4. The van der Waals surface area contributed by atoms with E-state index in [4.69, 9.17) is 10.5 Å². The molecule has 0 aliphatic heterocycles. The predicted octanol–water partition coefficient (Wildman–Crippen LogP) is 0.876. The van der Waals surface area contributed by atoms with Crippen LogP contribution < -0.4 is 21.1 Å². The van der Waals surface area contributed by atoms with Crippen LogP contribution >= 0.6 is 0 Å². The van der Waals surface area contributed by atoms with E-state index in [9.17, 15) is 30.0 Å². The first-order chi connectivity index (χ1) is 16.6. The number of H-pyrrole nitrogens is 1. The summed E-state index contributed by atoms with van der Waals surface area (Å²) in [7, 11) is 0. The summed E-state index contributed by atoms with van der Waals surface area (Å²) in [4.78, 5) is 31.5. The van der Waals surface area contributed by atoms with Gasteiger partial charge >= 0.3 is 11.6 Å². The number of hydrogen-bond donors (Lipinski definition) is 8. The number of para-hydroxylation sites is 1. The molecule has 180 valence electrons. The number of nitrogens with zero attached hydrogens (tertiary/aromatic N) is 1. The van der Waals surface area contributed by atoms with E-state index >= 15 is 0 Å². The lowest BCUT2D eigenvalue weighted by Crippen LogP contribution is -2.66. The van der Waals surface area contributed by atoms with Gasteiger partial charge in [0.1, 0.15) is 11.5 Å². The van der Waals surface area contributed by atoms with Gasteiger partial charge in [0.05, 0.1) is 11.0 Å². The quantitative estimate of drug-likeness (QED) is 0.177. The molecule has 0 radical (unpaired) electrons. The molecule has 0 saturated carbocycles. The van der Waals surface area contributed by atoms with Gasteiger partial charge in [-0.25, -0.2) is 4.98 Å². The van der Waals surface area contributed by atoms with E-state index in [0.29, 0.717) is 22.5 Å². The van der Waals surface area contributed by atoms with Crippen LogP contribution in [0, 0.1) is 0 Å². The van der Waals surface area contributed by atoms with Crippen molar-refractivity contribution in [1.29, 1.82) is 0 Å². The zero-order valence-corrected chi connectivity index (χ0v) is 18.0. The van der Waals surface area contributed by atoms with Gasteiger partial charge in [-0.05, 0) is 54.6 Å². The Morgan fingerprint density at radius 3 is 1.97 bits per heavy atom. The predicted molar refractivity (Wildman–Crippen MR) is 125 cm³/mol. The number of nitrogen functional groups attached to an aromatic ring is 1. The molecule has 3 aromatic carbocycles. The van der Waals surface area contributed by atoms with E-state index in [1.54, 1.807) is 24.3 Å². The molecule has 0 aliphatic rings. The van der Waals surface area contributed by atoms with Crippen LogP contribution in [-0.2, 0) is 9.59 Å². The first-order valence-electron chi connectivity index (χ1n) is 10.2. The van der Waals surface area contributed by atoms with Crippen LogP contribution in [0.25, 0.3) is 11.0 Å². The highest BCUT2D eigenvalue weighted by Crippen LogP contribution is 2.26. The van der Waals surface area contributed by atoms with Gasteiger partial charge in [0, 0.05) is 11.4 Å². The van der Waals surface area contributed by atoms with E-state index in [2.05, 4.69) is 20.6 Å². The number of nitrogens with one attached hydrogen (secondary N) is 3. The Kier molecular flexibility index (Phi) is 6.11. The summed E-state index contributed by atoms with van der Waals surface area (Å²) in [6.45, 7) is 0. The van der Waals surface area contributed by atoms with E-state index < -0.39 is 23.4 Å². The van der Waals surface area contributed by atoms with Crippen LogP contribution in [0.3, 0.4) is 0 Å². The third-order valence-corrected chi connectivity index (χ3v) is 4.97. The fourth-order valence-electron chi connectivity index (χ4n) is 3.09. The van der Waals surface area contributed by atoms with Crippen LogP contribution in [0.2, 0.25) is 0 Å². The minimum Gasteiger partial charge on any atom is -0.457 e. The first-order valence-corrected chi connectivity index (χ1v) is 10.2. The van der Waals surface area contributed by atoms with E-state index in [1.807, 2.05) is 6.07 Å². The molecule has 12 heteroatoms. The molecule has 0 aliphatic carbocycles. The Balaban J connectivity index is 1.43. The number of rotatable bonds is 7. The second-order valence-corrected chi connectivity index (χ2v) is 7.55. The lowest BCUT2D eigenvalue weighted by molar-refractivity contribution is -0.315. The van der Waals surface area contributed by atoms with Crippen LogP contribution in [0.15, 0.2) is 72.8 Å². The normalized spacial score (nSPS) is 11.8. The van der Waals surface area contributed by atoms with Gasteiger partial charge in [0.2, 0.25) is 0 Å². The van der Waals surface area contributed by atoms with Crippen LogP contribution in [0.5, 0.6) is 11.5 Å². The maximum Gasteiger partial charge on any atom is 0.310 e. The van der Waals surface area contributed by atoms with E-state index in [-0.39, 0.29) is 17.3 Å². The molecule has 0 fully saturated rings. The van der Waals surface area contributed by atoms with Crippen molar-refractivity contribution in [1.82, 2.24) is 9.97 Å². The fourth-order valence-corrected chi connectivity index (χ4v) is 3.09. The SMILES string of the molecule is Nc1nc2ccc(NC(=O)C(O)(O)C(O)(O)C(=O)Nc3ccc(Oc4ccccc4)cc3)cc2[nH]1.